The summed E-state index contributed by atoms with van der Waals surface area (Å²) in [5, 5.41) is 0. The van der Waals surface area contributed by atoms with Gasteiger partial charge in [0.25, 0.3) is 0 Å². The van der Waals surface area contributed by atoms with Crippen molar-refractivity contribution in [3.05, 3.63) is 23.9 Å². The normalized spacial score (nSPS) is 12.0. The lowest BCUT2D eigenvalue weighted by Crippen LogP contribution is -2.22. The van der Waals surface area contributed by atoms with Crippen LogP contribution in [-0.2, 0) is 0 Å². The van der Waals surface area contributed by atoms with Crippen LogP contribution < -0.4 is 5.73 Å². The fourth-order valence-corrected chi connectivity index (χ4v) is 1.12. The molecule has 0 saturated carbocycles. The molecule has 0 aromatic carbocycles. The Hall–Kier alpha value is -1.63. The molecule has 0 bridgehead atoms. The maximum atomic E-state index is 13.1. The van der Waals surface area contributed by atoms with Gasteiger partial charge in [-0.05, 0) is 12.0 Å². The van der Waals surface area contributed by atoms with Crippen LogP contribution >= 0.6 is 0 Å². The molecule has 2 N–H and O–H groups in total. The molecule has 2 nitrogen and oxygen atoms in total. The topological polar surface area (TPSA) is 38.9 Å². The monoisotopic (exact) mass is 226 g/mol. The first kappa shape index (κ1) is 14.4. The van der Waals surface area contributed by atoms with Crippen molar-refractivity contribution in [1.82, 2.24) is 4.98 Å². The summed E-state index contributed by atoms with van der Waals surface area (Å²) in [7, 11) is 0. The van der Waals surface area contributed by atoms with E-state index in [2.05, 4.69) is 4.98 Å². The highest BCUT2D eigenvalue weighted by Gasteiger charge is 2.36. The van der Waals surface area contributed by atoms with Gasteiger partial charge in [-0.3, -0.25) is 0 Å². The average Bonchev–Trinajstić information content (AvgIpc) is 2.31. The number of nitrogens with two attached hydrogens (primary N) is 1. The molecule has 1 atom stereocenters. The second kappa shape index (κ2) is 6.06. The van der Waals surface area contributed by atoms with E-state index < -0.39 is 11.8 Å². The summed E-state index contributed by atoms with van der Waals surface area (Å²) < 4.78 is 26.2. The van der Waals surface area contributed by atoms with Gasteiger partial charge in [0.1, 0.15) is 5.82 Å². The highest BCUT2D eigenvalue weighted by atomic mass is 19.3. The molecule has 0 aliphatic carbocycles. The lowest BCUT2D eigenvalue weighted by molar-refractivity contribution is 0.0412. The van der Waals surface area contributed by atoms with E-state index in [0.29, 0.717) is 0 Å². The van der Waals surface area contributed by atoms with E-state index >= 15 is 0 Å². The van der Waals surface area contributed by atoms with Crippen LogP contribution in [0.1, 0.15) is 32.3 Å². The highest BCUT2D eigenvalue weighted by molar-refractivity contribution is 5.42. The van der Waals surface area contributed by atoms with Gasteiger partial charge in [-0.25, -0.2) is 4.98 Å². The summed E-state index contributed by atoms with van der Waals surface area (Å²) in [6.07, 6.45) is 6.18. The molecular formula is C12H16F2N2. The van der Waals surface area contributed by atoms with E-state index in [1.54, 1.807) is 6.07 Å². The number of alkyl halides is 2. The van der Waals surface area contributed by atoms with Gasteiger partial charge in [-0.2, -0.15) is 8.78 Å². The van der Waals surface area contributed by atoms with Crippen molar-refractivity contribution >= 4 is 5.82 Å². The fourth-order valence-electron chi connectivity index (χ4n) is 1.12. The Morgan fingerprint density at radius 1 is 1.50 bits per heavy atom. The zero-order chi connectivity index (χ0) is 12.8. The Balaban J connectivity index is 0.00000106. The molecule has 0 spiro atoms. The van der Waals surface area contributed by atoms with Crippen molar-refractivity contribution in [2.75, 3.05) is 5.73 Å². The number of rotatable bonds is 2. The maximum Gasteiger partial charge on any atom is 0.314 e. The van der Waals surface area contributed by atoms with E-state index in [1.165, 1.54) is 25.1 Å². The van der Waals surface area contributed by atoms with Crippen molar-refractivity contribution in [1.29, 1.82) is 0 Å². The van der Waals surface area contributed by atoms with Crippen molar-refractivity contribution in [3.63, 3.8) is 0 Å². The molecule has 1 heterocycles. The quantitative estimate of drug-likeness (QED) is 0.787. The Bertz CT molecular complexity index is 370. The predicted molar refractivity (Wildman–Crippen MR) is 62.2 cm³/mol. The van der Waals surface area contributed by atoms with Crippen LogP contribution in [0, 0.1) is 12.3 Å². The van der Waals surface area contributed by atoms with Crippen molar-refractivity contribution in [2.24, 2.45) is 0 Å². The van der Waals surface area contributed by atoms with E-state index in [-0.39, 0.29) is 11.4 Å². The van der Waals surface area contributed by atoms with E-state index in [9.17, 15) is 8.78 Å². The van der Waals surface area contributed by atoms with Crippen molar-refractivity contribution in [3.8, 4) is 12.3 Å². The van der Waals surface area contributed by atoms with Crippen LogP contribution in [0.4, 0.5) is 14.6 Å². The predicted octanol–water partition coefficient (Wildman–Crippen LogP) is 3.06. The summed E-state index contributed by atoms with van der Waals surface area (Å²) in [6, 6.07) is 3.05. The molecule has 0 aliphatic heterocycles. The van der Waals surface area contributed by atoms with Gasteiger partial charge in [0.2, 0.25) is 0 Å². The van der Waals surface area contributed by atoms with Gasteiger partial charge in [-0.1, -0.05) is 26.8 Å². The molecule has 0 saturated heterocycles. The molecule has 88 valence electrons. The molecule has 0 amide bonds. The first-order chi connectivity index (χ1) is 7.49. The minimum Gasteiger partial charge on any atom is -0.383 e. The zero-order valence-electron chi connectivity index (χ0n) is 9.67. The van der Waals surface area contributed by atoms with Crippen LogP contribution in [0.15, 0.2) is 18.3 Å². The molecule has 1 aromatic rings. The molecule has 1 aromatic heterocycles. The number of nitrogens with zero attached hydrogens (tertiary/aromatic N) is 1. The highest BCUT2D eigenvalue weighted by Crippen LogP contribution is 2.34. The smallest absolute Gasteiger partial charge is 0.314 e. The van der Waals surface area contributed by atoms with Gasteiger partial charge in [0.05, 0.1) is 5.92 Å². The van der Waals surface area contributed by atoms with Gasteiger partial charge >= 0.3 is 5.92 Å². The molecule has 1 rings (SSSR count). The van der Waals surface area contributed by atoms with Gasteiger partial charge in [0, 0.05) is 11.8 Å². The number of hydrogen-bond acceptors (Lipinski definition) is 2. The van der Waals surface area contributed by atoms with Crippen molar-refractivity contribution < 1.29 is 8.78 Å². The number of nitrogen functional groups attached to an aromatic ring is 1. The molecular weight excluding hydrogens is 210 g/mol. The second-order valence-electron chi connectivity index (χ2n) is 2.97. The van der Waals surface area contributed by atoms with E-state index in [4.69, 9.17) is 12.2 Å². The van der Waals surface area contributed by atoms with E-state index in [1.807, 2.05) is 13.8 Å². The molecule has 16 heavy (non-hydrogen) atoms. The van der Waals surface area contributed by atoms with Crippen LogP contribution in [-0.4, -0.2) is 10.9 Å². The largest absolute Gasteiger partial charge is 0.383 e. The number of halogens is 2. The van der Waals surface area contributed by atoms with E-state index in [0.717, 1.165) is 0 Å². The second-order valence-corrected chi connectivity index (χ2v) is 2.97. The Kier molecular flexibility index (Phi) is 5.44. The van der Waals surface area contributed by atoms with Crippen LogP contribution in [0.2, 0.25) is 0 Å². The number of pyridine rings is 1. The van der Waals surface area contributed by atoms with Gasteiger partial charge < -0.3 is 5.73 Å². The summed E-state index contributed by atoms with van der Waals surface area (Å²) >= 11 is 0. The van der Waals surface area contributed by atoms with Crippen LogP contribution in [0.5, 0.6) is 0 Å². The lowest BCUT2D eigenvalue weighted by Gasteiger charge is -2.19. The zero-order valence-corrected chi connectivity index (χ0v) is 9.67. The fraction of sp³-hybridized carbons (Fsp3) is 0.417. The third-order valence-corrected chi connectivity index (χ3v) is 2.07. The third-order valence-electron chi connectivity index (χ3n) is 2.07. The molecule has 0 radical (unpaired) electrons. The number of anilines is 1. The third kappa shape index (κ3) is 3.20. The number of hydrogen-bond donors (Lipinski definition) is 1. The van der Waals surface area contributed by atoms with Crippen LogP contribution in [0.25, 0.3) is 0 Å². The minimum absolute atomic E-state index is 0.0925. The average molecular weight is 226 g/mol. The van der Waals surface area contributed by atoms with Gasteiger partial charge in [0.15, 0.2) is 0 Å². The van der Waals surface area contributed by atoms with Crippen molar-refractivity contribution in [2.45, 2.75) is 32.6 Å². The number of aromatic nitrogens is 1. The molecule has 0 fully saturated rings. The van der Waals surface area contributed by atoms with Gasteiger partial charge in [-0.15, -0.1) is 6.42 Å². The SMILES string of the molecule is C#CC(F)(F)C(C)c1cccnc1N.CC. The Morgan fingerprint density at radius 2 is 2.06 bits per heavy atom. The summed E-state index contributed by atoms with van der Waals surface area (Å²) in [6.45, 7) is 5.33. The first-order valence-electron chi connectivity index (χ1n) is 5.05. The summed E-state index contributed by atoms with van der Waals surface area (Å²) in [5.74, 6) is -2.78. The minimum atomic E-state index is -3.20. The summed E-state index contributed by atoms with van der Waals surface area (Å²) in [5.41, 5.74) is 5.73. The standard InChI is InChI=1S/C10H10F2N2.C2H6/c1-3-10(11,12)7(2)8-5-4-6-14-9(8)13;1-2/h1,4-7H,2H3,(H2,13,14);1-2H3. The van der Waals surface area contributed by atoms with Crippen LogP contribution in [0.3, 0.4) is 0 Å². The summed E-state index contributed by atoms with van der Waals surface area (Å²) in [4.78, 5) is 3.72. The molecule has 1 unspecified atom stereocenters. The number of terminal acetylenes is 1. The maximum absolute atomic E-state index is 13.1. The molecule has 0 aliphatic rings. The first-order valence-corrected chi connectivity index (χ1v) is 5.05. The Labute approximate surface area is 94.9 Å². The lowest BCUT2D eigenvalue weighted by atomic mass is 9.95. The molecule has 4 heteroatoms. The Morgan fingerprint density at radius 3 is 2.50 bits per heavy atom.